The molecule has 0 saturated carbocycles. The van der Waals surface area contributed by atoms with Gasteiger partial charge in [-0.3, -0.25) is 4.79 Å². The summed E-state index contributed by atoms with van der Waals surface area (Å²) in [6, 6.07) is 7.06. The highest BCUT2D eigenvalue weighted by Gasteiger charge is 2.32. The van der Waals surface area contributed by atoms with E-state index in [2.05, 4.69) is 0 Å². The molecule has 0 atom stereocenters. The molecular weight excluding hydrogens is 317 g/mol. The molecule has 0 fully saturated rings. The van der Waals surface area contributed by atoms with Crippen LogP contribution in [0.5, 0.6) is 0 Å². The number of anilines is 1. The third-order valence-corrected chi connectivity index (χ3v) is 3.17. The van der Waals surface area contributed by atoms with E-state index in [9.17, 15) is 18.0 Å². The van der Waals surface area contributed by atoms with Gasteiger partial charge in [-0.15, -0.1) is 12.4 Å². The molecule has 0 aliphatic heterocycles. The van der Waals surface area contributed by atoms with Crippen molar-refractivity contribution >= 4 is 24.0 Å². The molecule has 0 radical (unpaired) electrons. The van der Waals surface area contributed by atoms with Gasteiger partial charge in [-0.05, 0) is 24.5 Å². The van der Waals surface area contributed by atoms with E-state index in [1.54, 1.807) is 24.3 Å². The number of alkyl halides is 3. The second-order valence-corrected chi connectivity index (χ2v) is 4.98. The van der Waals surface area contributed by atoms with Gasteiger partial charge in [0.05, 0.1) is 0 Å². The Bertz CT molecular complexity index is 466. The predicted molar refractivity (Wildman–Crippen MR) is 84.0 cm³/mol. The van der Waals surface area contributed by atoms with E-state index in [-0.39, 0.29) is 25.4 Å². The van der Waals surface area contributed by atoms with Crippen molar-refractivity contribution in [3.63, 3.8) is 0 Å². The van der Waals surface area contributed by atoms with Crippen molar-refractivity contribution in [3.8, 4) is 0 Å². The minimum atomic E-state index is -4.37. The lowest BCUT2D eigenvalue weighted by Crippen LogP contribution is -2.39. The molecule has 22 heavy (non-hydrogen) atoms. The number of hydrogen-bond donors (Lipinski definition) is 1. The van der Waals surface area contributed by atoms with Crippen LogP contribution in [0.2, 0.25) is 0 Å². The van der Waals surface area contributed by atoms with E-state index < -0.39 is 18.6 Å². The normalized spacial score (nSPS) is 10.9. The second-order valence-electron chi connectivity index (χ2n) is 4.98. The second kappa shape index (κ2) is 9.56. The molecule has 0 spiro atoms. The van der Waals surface area contributed by atoms with Gasteiger partial charge in [-0.2, -0.15) is 13.2 Å². The smallest absolute Gasteiger partial charge is 0.399 e. The molecule has 0 aliphatic rings. The number of nitrogen functional groups attached to an aromatic ring is 1. The number of benzene rings is 1. The number of hydrogen-bond acceptors (Lipinski definition) is 2. The number of carbonyl (C=O) groups is 1. The van der Waals surface area contributed by atoms with Crippen molar-refractivity contribution in [2.24, 2.45) is 0 Å². The van der Waals surface area contributed by atoms with Crippen LogP contribution in [0.1, 0.15) is 31.7 Å². The standard InChI is InChI=1S/C15H21F3N2O.ClH/c1-2-3-10-20(11-15(16,17)18)14(21)9-8-12-6-4-5-7-13(12)19;/h4-7H,2-3,8-11,19H2,1H3;1H. The minimum absolute atomic E-state index is 0. The lowest BCUT2D eigenvalue weighted by molar-refractivity contribution is -0.161. The van der Waals surface area contributed by atoms with Crippen molar-refractivity contribution in [1.82, 2.24) is 4.90 Å². The van der Waals surface area contributed by atoms with Gasteiger partial charge >= 0.3 is 6.18 Å². The van der Waals surface area contributed by atoms with E-state index in [0.717, 1.165) is 16.9 Å². The zero-order chi connectivity index (χ0) is 15.9. The van der Waals surface area contributed by atoms with Crippen LogP contribution in [-0.4, -0.2) is 30.1 Å². The van der Waals surface area contributed by atoms with Crippen LogP contribution < -0.4 is 5.73 Å². The summed E-state index contributed by atoms with van der Waals surface area (Å²) in [4.78, 5) is 12.9. The number of nitrogens with two attached hydrogens (primary N) is 1. The number of aryl methyl sites for hydroxylation is 1. The maximum Gasteiger partial charge on any atom is 0.406 e. The predicted octanol–water partition coefficient (Wildman–Crippen LogP) is 3.81. The topological polar surface area (TPSA) is 46.3 Å². The van der Waals surface area contributed by atoms with Gasteiger partial charge in [-0.25, -0.2) is 0 Å². The van der Waals surface area contributed by atoms with Gasteiger partial charge in [0, 0.05) is 18.7 Å². The number of unbranched alkanes of at least 4 members (excludes halogenated alkanes) is 1. The first-order chi connectivity index (χ1) is 9.83. The van der Waals surface area contributed by atoms with Gasteiger partial charge in [0.2, 0.25) is 5.91 Å². The molecule has 1 amide bonds. The Balaban J connectivity index is 0.00000441. The molecule has 1 aromatic rings. The molecule has 7 heteroatoms. The molecule has 3 nitrogen and oxygen atoms in total. The van der Waals surface area contributed by atoms with Crippen LogP contribution in [-0.2, 0) is 11.2 Å². The Kier molecular flexibility index (Phi) is 8.94. The molecule has 0 heterocycles. The summed E-state index contributed by atoms with van der Waals surface area (Å²) >= 11 is 0. The molecule has 0 aromatic heterocycles. The highest BCUT2D eigenvalue weighted by Crippen LogP contribution is 2.19. The van der Waals surface area contributed by atoms with Crippen molar-refractivity contribution in [3.05, 3.63) is 29.8 Å². The number of amides is 1. The number of halogens is 4. The lowest BCUT2D eigenvalue weighted by atomic mass is 10.1. The van der Waals surface area contributed by atoms with Gasteiger partial charge in [0.15, 0.2) is 0 Å². The first-order valence-corrected chi connectivity index (χ1v) is 7.01. The molecule has 0 unspecified atom stereocenters. The Morgan fingerprint density at radius 1 is 1.27 bits per heavy atom. The fourth-order valence-electron chi connectivity index (χ4n) is 2.02. The zero-order valence-electron chi connectivity index (χ0n) is 12.5. The molecule has 126 valence electrons. The number of rotatable bonds is 7. The molecular formula is C15H22ClF3N2O. The Hall–Kier alpha value is -1.43. The SMILES string of the molecule is CCCCN(CC(F)(F)F)C(=O)CCc1ccccc1N.Cl. The highest BCUT2D eigenvalue weighted by atomic mass is 35.5. The van der Waals surface area contributed by atoms with E-state index in [1.165, 1.54) is 0 Å². The van der Waals surface area contributed by atoms with Crippen LogP contribution >= 0.6 is 12.4 Å². The van der Waals surface area contributed by atoms with Gasteiger partial charge < -0.3 is 10.6 Å². The maximum atomic E-state index is 12.5. The first-order valence-electron chi connectivity index (χ1n) is 7.01. The fraction of sp³-hybridized carbons (Fsp3) is 0.533. The summed E-state index contributed by atoms with van der Waals surface area (Å²) < 4.78 is 37.5. The highest BCUT2D eigenvalue weighted by molar-refractivity contribution is 5.85. The quantitative estimate of drug-likeness (QED) is 0.768. The molecule has 2 N–H and O–H groups in total. The summed E-state index contributed by atoms with van der Waals surface area (Å²) in [6.45, 7) is 0.829. The van der Waals surface area contributed by atoms with E-state index >= 15 is 0 Å². The fourth-order valence-corrected chi connectivity index (χ4v) is 2.02. The largest absolute Gasteiger partial charge is 0.406 e. The molecule has 0 bridgehead atoms. The van der Waals surface area contributed by atoms with Gasteiger partial charge in [0.25, 0.3) is 0 Å². The van der Waals surface area contributed by atoms with E-state index in [1.807, 2.05) is 6.92 Å². The first kappa shape index (κ1) is 20.6. The Labute approximate surface area is 135 Å². The number of para-hydroxylation sites is 1. The minimum Gasteiger partial charge on any atom is -0.399 e. The van der Waals surface area contributed by atoms with Crippen LogP contribution in [0.4, 0.5) is 18.9 Å². The summed E-state index contributed by atoms with van der Waals surface area (Å²) in [5.41, 5.74) is 7.10. The zero-order valence-corrected chi connectivity index (χ0v) is 13.3. The van der Waals surface area contributed by atoms with Crippen molar-refractivity contribution in [2.75, 3.05) is 18.8 Å². The molecule has 0 saturated heterocycles. The van der Waals surface area contributed by atoms with Crippen LogP contribution in [0.15, 0.2) is 24.3 Å². The summed E-state index contributed by atoms with van der Waals surface area (Å²) in [7, 11) is 0. The van der Waals surface area contributed by atoms with E-state index in [0.29, 0.717) is 18.5 Å². The van der Waals surface area contributed by atoms with Crippen molar-refractivity contribution < 1.29 is 18.0 Å². The van der Waals surface area contributed by atoms with Crippen LogP contribution in [0.3, 0.4) is 0 Å². The third kappa shape index (κ3) is 7.54. The summed E-state index contributed by atoms with van der Waals surface area (Å²) in [6.07, 6.45) is -2.67. The van der Waals surface area contributed by atoms with Crippen LogP contribution in [0, 0.1) is 0 Å². The molecule has 1 aromatic carbocycles. The van der Waals surface area contributed by atoms with Crippen LogP contribution in [0.25, 0.3) is 0 Å². The van der Waals surface area contributed by atoms with Crippen molar-refractivity contribution in [2.45, 2.75) is 38.8 Å². The third-order valence-electron chi connectivity index (χ3n) is 3.17. The number of carbonyl (C=O) groups excluding carboxylic acids is 1. The Morgan fingerprint density at radius 2 is 1.91 bits per heavy atom. The molecule has 1 rings (SSSR count). The van der Waals surface area contributed by atoms with E-state index in [4.69, 9.17) is 5.73 Å². The average Bonchev–Trinajstić information content (AvgIpc) is 2.41. The van der Waals surface area contributed by atoms with Gasteiger partial charge in [0.1, 0.15) is 6.54 Å². The van der Waals surface area contributed by atoms with Gasteiger partial charge in [-0.1, -0.05) is 31.5 Å². The molecule has 0 aliphatic carbocycles. The average molecular weight is 339 g/mol. The monoisotopic (exact) mass is 338 g/mol. The Morgan fingerprint density at radius 3 is 2.45 bits per heavy atom. The number of nitrogens with zero attached hydrogens (tertiary/aromatic N) is 1. The summed E-state index contributed by atoms with van der Waals surface area (Å²) in [5.74, 6) is -0.482. The van der Waals surface area contributed by atoms with Crippen molar-refractivity contribution in [1.29, 1.82) is 0 Å². The lowest BCUT2D eigenvalue weighted by Gasteiger charge is -2.24. The summed E-state index contributed by atoms with van der Waals surface area (Å²) in [5, 5.41) is 0. The maximum absolute atomic E-state index is 12.5.